The lowest BCUT2D eigenvalue weighted by molar-refractivity contribution is -0.117. The Kier molecular flexibility index (Phi) is 3.92. The van der Waals surface area contributed by atoms with Crippen LogP contribution in [0, 0.1) is 0 Å². The van der Waals surface area contributed by atoms with Crippen LogP contribution in [-0.2, 0) is 16.1 Å². The van der Waals surface area contributed by atoms with Crippen molar-refractivity contribution < 1.29 is 9.53 Å². The molecular formula is C10H12ClNO2. The standard InChI is InChI=1S/C10H12ClNO2/c1-14-6-7-3-2-4-8(5-7)9(11)10(12)13/h2-5,9H,6H2,1H3,(H2,12,13). The smallest absolute Gasteiger partial charge is 0.240 e. The number of primary amides is 1. The number of alkyl halides is 1. The monoisotopic (exact) mass is 213 g/mol. The average molecular weight is 214 g/mol. The van der Waals surface area contributed by atoms with Gasteiger partial charge in [-0.1, -0.05) is 24.3 Å². The van der Waals surface area contributed by atoms with E-state index < -0.39 is 11.3 Å². The second-order valence-corrected chi connectivity index (χ2v) is 3.38. The third kappa shape index (κ3) is 2.72. The third-order valence-electron chi connectivity index (χ3n) is 1.80. The lowest BCUT2D eigenvalue weighted by atomic mass is 10.1. The molecule has 0 fully saturated rings. The SMILES string of the molecule is COCc1cccc(C(Cl)C(N)=O)c1. The number of halogens is 1. The number of carbonyl (C=O) groups is 1. The summed E-state index contributed by atoms with van der Waals surface area (Å²) >= 11 is 5.80. The summed E-state index contributed by atoms with van der Waals surface area (Å²) in [7, 11) is 1.61. The Morgan fingerprint density at radius 1 is 1.64 bits per heavy atom. The van der Waals surface area contributed by atoms with Gasteiger partial charge in [0.1, 0.15) is 5.38 Å². The summed E-state index contributed by atoms with van der Waals surface area (Å²) < 4.78 is 4.96. The van der Waals surface area contributed by atoms with E-state index in [0.29, 0.717) is 12.2 Å². The molecule has 1 unspecified atom stereocenters. The van der Waals surface area contributed by atoms with Crippen LogP contribution in [0.4, 0.5) is 0 Å². The minimum absolute atomic E-state index is 0.496. The summed E-state index contributed by atoms with van der Waals surface area (Å²) in [5.74, 6) is -0.541. The topological polar surface area (TPSA) is 52.3 Å². The highest BCUT2D eigenvalue weighted by atomic mass is 35.5. The Labute approximate surface area is 87.8 Å². The number of rotatable bonds is 4. The molecule has 3 nitrogen and oxygen atoms in total. The molecule has 1 aromatic carbocycles. The second kappa shape index (κ2) is 4.98. The van der Waals surface area contributed by atoms with Crippen LogP contribution in [0.15, 0.2) is 24.3 Å². The Bertz CT molecular complexity index is 328. The van der Waals surface area contributed by atoms with Crippen LogP contribution in [0.25, 0.3) is 0 Å². The maximum absolute atomic E-state index is 10.8. The first-order chi connectivity index (χ1) is 6.65. The molecular weight excluding hydrogens is 202 g/mol. The zero-order chi connectivity index (χ0) is 10.6. The first kappa shape index (κ1) is 11.0. The second-order valence-electron chi connectivity index (χ2n) is 2.94. The minimum Gasteiger partial charge on any atom is -0.380 e. The van der Waals surface area contributed by atoms with Crippen LogP contribution in [0.2, 0.25) is 0 Å². The molecule has 0 aromatic heterocycles. The van der Waals surface area contributed by atoms with E-state index in [-0.39, 0.29) is 0 Å². The molecule has 0 saturated carbocycles. The summed E-state index contributed by atoms with van der Waals surface area (Å²) in [5.41, 5.74) is 6.76. The molecule has 2 N–H and O–H groups in total. The minimum atomic E-state index is -0.771. The fourth-order valence-electron chi connectivity index (χ4n) is 1.17. The van der Waals surface area contributed by atoms with Crippen molar-refractivity contribution in [1.29, 1.82) is 0 Å². The lowest BCUT2D eigenvalue weighted by Gasteiger charge is -2.07. The predicted molar refractivity (Wildman–Crippen MR) is 54.9 cm³/mol. The van der Waals surface area contributed by atoms with Crippen molar-refractivity contribution in [3.05, 3.63) is 35.4 Å². The number of hydrogen-bond acceptors (Lipinski definition) is 2. The first-order valence-electron chi connectivity index (χ1n) is 4.16. The Balaban J connectivity index is 2.87. The quantitative estimate of drug-likeness (QED) is 0.773. The molecule has 1 aromatic rings. The molecule has 76 valence electrons. The molecule has 0 saturated heterocycles. The van der Waals surface area contributed by atoms with E-state index in [1.807, 2.05) is 18.2 Å². The highest BCUT2D eigenvalue weighted by molar-refractivity contribution is 6.30. The van der Waals surface area contributed by atoms with Gasteiger partial charge in [0.15, 0.2) is 0 Å². The van der Waals surface area contributed by atoms with Gasteiger partial charge in [-0.15, -0.1) is 11.6 Å². The third-order valence-corrected chi connectivity index (χ3v) is 2.27. The number of ether oxygens (including phenoxy) is 1. The van der Waals surface area contributed by atoms with Gasteiger partial charge in [-0.3, -0.25) is 4.79 Å². The van der Waals surface area contributed by atoms with Crippen LogP contribution < -0.4 is 5.73 Å². The van der Waals surface area contributed by atoms with E-state index in [4.69, 9.17) is 22.1 Å². The van der Waals surface area contributed by atoms with Crippen molar-refractivity contribution >= 4 is 17.5 Å². The molecule has 0 radical (unpaired) electrons. The molecule has 0 bridgehead atoms. The van der Waals surface area contributed by atoms with Gasteiger partial charge in [0.05, 0.1) is 6.61 Å². The number of carbonyl (C=O) groups excluding carboxylic acids is 1. The number of benzene rings is 1. The highest BCUT2D eigenvalue weighted by Gasteiger charge is 2.13. The van der Waals surface area contributed by atoms with Gasteiger partial charge < -0.3 is 10.5 Å². The van der Waals surface area contributed by atoms with Gasteiger partial charge >= 0.3 is 0 Å². The number of amides is 1. The van der Waals surface area contributed by atoms with E-state index in [9.17, 15) is 4.79 Å². The molecule has 0 aliphatic heterocycles. The Morgan fingerprint density at radius 2 is 2.36 bits per heavy atom. The molecule has 0 heterocycles. The average Bonchev–Trinajstić information content (AvgIpc) is 2.17. The van der Waals surface area contributed by atoms with E-state index in [0.717, 1.165) is 5.56 Å². The summed E-state index contributed by atoms with van der Waals surface area (Å²) in [6.45, 7) is 0.496. The Hall–Kier alpha value is -1.06. The van der Waals surface area contributed by atoms with Gasteiger partial charge in [-0.05, 0) is 11.1 Å². The van der Waals surface area contributed by atoms with Gasteiger partial charge in [0, 0.05) is 7.11 Å². The summed E-state index contributed by atoms with van der Waals surface area (Å²) in [5, 5.41) is -0.771. The van der Waals surface area contributed by atoms with E-state index in [1.54, 1.807) is 13.2 Å². The van der Waals surface area contributed by atoms with Gasteiger partial charge in [0.2, 0.25) is 5.91 Å². The van der Waals surface area contributed by atoms with Gasteiger partial charge in [-0.2, -0.15) is 0 Å². The largest absolute Gasteiger partial charge is 0.380 e. The van der Waals surface area contributed by atoms with E-state index in [1.165, 1.54) is 0 Å². The van der Waals surface area contributed by atoms with Crippen LogP contribution in [0.3, 0.4) is 0 Å². The molecule has 0 aliphatic carbocycles. The fourth-order valence-corrected chi connectivity index (χ4v) is 1.31. The van der Waals surface area contributed by atoms with Crippen LogP contribution in [-0.4, -0.2) is 13.0 Å². The normalized spacial score (nSPS) is 12.4. The molecule has 4 heteroatoms. The zero-order valence-corrected chi connectivity index (χ0v) is 8.62. The van der Waals surface area contributed by atoms with Crippen molar-refractivity contribution in [1.82, 2.24) is 0 Å². The van der Waals surface area contributed by atoms with Crippen molar-refractivity contribution in [2.24, 2.45) is 5.73 Å². The summed E-state index contributed by atoms with van der Waals surface area (Å²) in [6.07, 6.45) is 0. The van der Waals surface area contributed by atoms with E-state index in [2.05, 4.69) is 0 Å². The Morgan fingerprint density at radius 3 is 2.93 bits per heavy atom. The maximum Gasteiger partial charge on any atom is 0.240 e. The van der Waals surface area contributed by atoms with Gasteiger partial charge in [-0.25, -0.2) is 0 Å². The number of nitrogens with two attached hydrogens (primary N) is 1. The first-order valence-corrected chi connectivity index (χ1v) is 4.60. The number of methoxy groups -OCH3 is 1. The summed E-state index contributed by atoms with van der Waals surface area (Å²) in [4.78, 5) is 10.8. The molecule has 0 aliphatic rings. The van der Waals surface area contributed by atoms with Crippen LogP contribution in [0.1, 0.15) is 16.5 Å². The predicted octanol–water partition coefficient (Wildman–Crippen LogP) is 1.60. The van der Waals surface area contributed by atoms with Crippen LogP contribution in [0.5, 0.6) is 0 Å². The summed E-state index contributed by atoms with van der Waals surface area (Å²) in [6, 6.07) is 7.30. The van der Waals surface area contributed by atoms with Crippen molar-refractivity contribution in [3.8, 4) is 0 Å². The van der Waals surface area contributed by atoms with Crippen molar-refractivity contribution in [3.63, 3.8) is 0 Å². The zero-order valence-electron chi connectivity index (χ0n) is 7.87. The molecule has 1 rings (SSSR count). The maximum atomic E-state index is 10.8. The molecule has 0 spiro atoms. The van der Waals surface area contributed by atoms with Crippen molar-refractivity contribution in [2.75, 3.05) is 7.11 Å². The molecule has 1 amide bonds. The lowest BCUT2D eigenvalue weighted by Crippen LogP contribution is -2.17. The van der Waals surface area contributed by atoms with Crippen LogP contribution >= 0.6 is 11.6 Å². The van der Waals surface area contributed by atoms with Crippen molar-refractivity contribution in [2.45, 2.75) is 12.0 Å². The number of hydrogen-bond donors (Lipinski definition) is 1. The molecule has 14 heavy (non-hydrogen) atoms. The fraction of sp³-hybridized carbons (Fsp3) is 0.300. The molecule has 1 atom stereocenters. The van der Waals surface area contributed by atoms with Gasteiger partial charge in [0.25, 0.3) is 0 Å². The highest BCUT2D eigenvalue weighted by Crippen LogP contribution is 2.20. The van der Waals surface area contributed by atoms with E-state index >= 15 is 0 Å².